The van der Waals surface area contributed by atoms with E-state index in [4.69, 9.17) is 4.74 Å². The molecule has 4 nitrogen and oxygen atoms in total. The molecule has 0 heterocycles. The summed E-state index contributed by atoms with van der Waals surface area (Å²) in [6.07, 6.45) is 1.76. The van der Waals surface area contributed by atoms with Crippen molar-refractivity contribution in [3.8, 4) is 5.75 Å². The molecule has 0 aromatic heterocycles. The van der Waals surface area contributed by atoms with Gasteiger partial charge in [0.25, 0.3) is 5.91 Å². The lowest BCUT2D eigenvalue weighted by molar-refractivity contribution is -0.123. The molecule has 1 amide bonds. The van der Waals surface area contributed by atoms with E-state index in [-0.39, 0.29) is 12.5 Å². The zero-order valence-corrected chi connectivity index (χ0v) is 12.7. The number of hydrogen-bond donors (Lipinski definition) is 1. The van der Waals surface area contributed by atoms with Crippen molar-refractivity contribution in [2.24, 2.45) is 5.92 Å². The average molecular weight is 277 g/mol. The van der Waals surface area contributed by atoms with E-state index in [1.54, 1.807) is 12.1 Å². The number of aldehydes is 1. The first-order valence-corrected chi connectivity index (χ1v) is 6.90. The molecular weight excluding hydrogens is 254 g/mol. The van der Waals surface area contributed by atoms with E-state index in [0.717, 1.165) is 23.8 Å². The van der Waals surface area contributed by atoms with Gasteiger partial charge in [0.2, 0.25) is 0 Å². The lowest BCUT2D eigenvalue weighted by Crippen LogP contribution is -2.30. The van der Waals surface area contributed by atoms with Crippen molar-refractivity contribution in [2.75, 3.05) is 13.2 Å². The molecule has 0 bridgehead atoms. The first-order chi connectivity index (χ1) is 9.43. The van der Waals surface area contributed by atoms with Gasteiger partial charge in [-0.3, -0.25) is 9.59 Å². The van der Waals surface area contributed by atoms with Crippen LogP contribution in [0.4, 0.5) is 0 Å². The molecule has 0 saturated heterocycles. The molecule has 1 aromatic carbocycles. The maximum atomic E-state index is 11.7. The van der Waals surface area contributed by atoms with E-state index >= 15 is 0 Å². The fourth-order valence-electron chi connectivity index (χ4n) is 1.97. The second kappa shape index (κ2) is 7.68. The topological polar surface area (TPSA) is 55.4 Å². The SMILES string of the molecule is Cc1cc(C=O)cc(C)c1OCC(=O)NCCC(C)C. The number of amides is 1. The Morgan fingerprint density at radius 2 is 1.90 bits per heavy atom. The Labute approximate surface area is 120 Å². The van der Waals surface area contributed by atoms with Crippen LogP contribution in [0.5, 0.6) is 5.75 Å². The minimum absolute atomic E-state index is 0.000210. The summed E-state index contributed by atoms with van der Waals surface area (Å²) in [6, 6.07) is 3.51. The van der Waals surface area contributed by atoms with Gasteiger partial charge in [-0.1, -0.05) is 13.8 Å². The number of rotatable bonds is 7. The molecule has 1 aromatic rings. The van der Waals surface area contributed by atoms with Gasteiger partial charge in [-0.05, 0) is 49.4 Å². The van der Waals surface area contributed by atoms with Crippen LogP contribution in [0.15, 0.2) is 12.1 Å². The van der Waals surface area contributed by atoms with Gasteiger partial charge in [-0.2, -0.15) is 0 Å². The second-order valence-corrected chi connectivity index (χ2v) is 5.42. The van der Waals surface area contributed by atoms with Crippen LogP contribution in [0.2, 0.25) is 0 Å². The highest BCUT2D eigenvalue weighted by Crippen LogP contribution is 2.24. The van der Waals surface area contributed by atoms with E-state index < -0.39 is 0 Å². The van der Waals surface area contributed by atoms with Gasteiger partial charge in [-0.25, -0.2) is 0 Å². The summed E-state index contributed by atoms with van der Waals surface area (Å²) in [5, 5.41) is 2.83. The van der Waals surface area contributed by atoms with Crippen molar-refractivity contribution in [1.29, 1.82) is 0 Å². The first kappa shape index (κ1) is 16.2. The van der Waals surface area contributed by atoms with Crippen LogP contribution < -0.4 is 10.1 Å². The van der Waals surface area contributed by atoms with Crippen molar-refractivity contribution < 1.29 is 14.3 Å². The van der Waals surface area contributed by atoms with E-state index in [1.807, 2.05) is 13.8 Å². The summed E-state index contributed by atoms with van der Waals surface area (Å²) >= 11 is 0. The number of carbonyl (C=O) groups is 2. The quantitative estimate of drug-likeness (QED) is 0.780. The number of benzene rings is 1. The predicted octanol–water partition coefficient (Wildman–Crippen LogP) is 2.66. The molecule has 0 spiro atoms. The Balaban J connectivity index is 2.53. The van der Waals surface area contributed by atoms with Gasteiger partial charge in [0.1, 0.15) is 12.0 Å². The molecule has 0 aliphatic heterocycles. The standard InChI is InChI=1S/C16H23NO3/c1-11(2)5-6-17-15(19)10-20-16-12(3)7-14(9-18)8-13(16)4/h7-9,11H,5-6,10H2,1-4H3,(H,17,19). The minimum Gasteiger partial charge on any atom is -0.483 e. The number of carbonyl (C=O) groups excluding carboxylic acids is 2. The third kappa shape index (κ3) is 5.03. The Hall–Kier alpha value is -1.84. The van der Waals surface area contributed by atoms with Gasteiger partial charge in [-0.15, -0.1) is 0 Å². The summed E-state index contributed by atoms with van der Waals surface area (Å²) in [6.45, 7) is 8.63. The molecule has 0 fully saturated rings. The average Bonchev–Trinajstić information content (AvgIpc) is 2.36. The zero-order valence-electron chi connectivity index (χ0n) is 12.7. The van der Waals surface area contributed by atoms with Crippen molar-refractivity contribution >= 4 is 12.2 Å². The van der Waals surface area contributed by atoms with Crippen LogP contribution in [0.25, 0.3) is 0 Å². The van der Waals surface area contributed by atoms with Crippen molar-refractivity contribution in [2.45, 2.75) is 34.1 Å². The van der Waals surface area contributed by atoms with Crippen LogP contribution in [0, 0.1) is 19.8 Å². The van der Waals surface area contributed by atoms with Crippen LogP contribution in [-0.2, 0) is 4.79 Å². The van der Waals surface area contributed by atoms with Gasteiger partial charge in [0.15, 0.2) is 6.61 Å². The minimum atomic E-state index is -0.121. The largest absolute Gasteiger partial charge is 0.483 e. The fraction of sp³-hybridized carbons (Fsp3) is 0.500. The monoisotopic (exact) mass is 277 g/mol. The van der Waals surface area contributed by atoms with Crippen LogP contribution in [-0.4, -0.2) is 25.3 Å². The molecule has 1 N–H and O–H groups in total. The number of nitrogens with one attached hydrogen (secondary N) is 1. The highest BCUT2D eigenvalue weighted by atomic mass is 16.5. The molecule has 0 unspecified atom stereocenters. The molecule has 0 saturated carbocycles. The van der Waals surface area contributed by atoms with Crippen LogP contribution >= 0.6 is 0 Å². The Bertz CT molecular complexity index is 458. The molecule has 110 valence electrons. The maximum Gasteiger partial charge on any atom is 0.257 e. The third-order valence-electron chi connectivity index (χ3n) is 3.01. The van der Waals surface area contributed by atoms with Gasteiger partial charge in [0, 0.05) is 12.1 Å². The number of aryl methyl sites for hydroxylation is 2. The summed E-state index contributed by atoms with van der Waals surface area (Å²) in [5.41, 5.74) is 2.35. The van der Waals surface area contributed by atoms with Gasteiger partial charge < -0.3 is 10.1 Å². The Morgan fingerprint density at radius 3 is 2.40 bits per heavy atom. The molecule has 0 aliphatic carbocycles. The zero-order chi connectivity index (χ0) is 15.1. The summed E-state index contributed by atoms with van der Waals surface area (Å²) in [7, 11) is 0. The summed E-state index contributed by atoms with van der Waals surface area (Å²) < 4.78 is 5.56. The molecule has 0 aliphatic rings. The van der Waals surface area contributed by atoms with Crippen molar-refractivity contribution in [1.82, 2.24) is 5.32 Å². The molecule has 20 heavy (non-hydrogen) atoms. The van der Waals surface area contributed by atoms with Gasteiger partial charge >= 0.3 is 0 Å². The third-order valence-corrected chi connectivity index (χ3v) is 3.01. The number of hydrogen-bond acceptors (Lipinski definition) is 3. The molecule has 0 radical (unpaired) electrons. The summed E-state index contributed by atoms with van der Waals surface area (Å²) in [4.78, 5) is 22.4. The summed E-state index contributed by atoms with van der Waals surface area (Å²) in [5.74, 6) is 1.12. The first-order valence-electron chi connectivity index (χ1n) is 6.90. The van der Waals surface area contributed by atoms with Crippen molar-refractivity contribution in [3.63, 3.8) is 0 Å². The second-order valence-electron chi connectivity index (χ2n) is 5.42. The highest BCUT2D eigenvalue weighted by molar-refractivity contribution is 5.78. The molecule has 1 rings (SSSR count). The predicted molar refractivity (Wildman–Crippen MR) is 79.3 cm³/mol. The Morgan fingerprint density at radius 1 is 1.30 bits per heavy atom. The van der Waals surface area contributed by atoms with Crippen molar-refractivity contribution in [3.05, 3.63) is 28.8 Å². The lowest BCUT2D eigenvalue weighted by atomic mass is 10.1. The Kier molecular flexibility index (Phi) is 6.22. The maximum absolute atomic E-state index is 11.7. The van der Waals surface area contributed by atoms with E-state index in [0.29, 0.717) is 23.8 Å². The highest BCUT2D eigenvalue weighted by Gasteiger charge is 2.09. The molecule has 4 heteroatoms. The normalized spacial score (nSPS) is 10.4. The van der Waals surface area contributed by atoms with Gasteiger partial charge in [0.05, 0.1) is 0 Å². The number of ether oxygens (including phenoxy) is 1. The molecular formula is C16H23NO3. The van der Waals surface area contributed by atoms with E-state index in [2.05, 4.69) is 19.2 Å². The van der Waals surface area contributed by atoms with E-state index in [9.17, 15) is 9.59 Å². The fourth-order valence-corrected chi connectivity index (χ4v) is 1.97. The smallest absolute Gasteiger partial charge is 0.257 e. The van der Waals surface area contributed by atoms with E-state index in [1.165, 1.54) is 0 Å². The van der Waals surface area contributed by atoms with Crippen LogP contribution in [0.1, 0.15) is 41.8 Å². The molecule has 0 atom stereocenters. The lowest BCUT2D eigenvalue weighted by Gasteiger charge is -2.13. The van der Waals surface area contributed by atoms with Crippen LogP contribution in [0.3, 0.4) is 0 Å².